The van der Waals surface area contributed by atoms with Crippen LogP contribution in [0.2, 0.25) is 0 Å². The van der Waals surface area contributed by atoms with Gasteiger partial charge in [0.2, 0.25) is 24.3 Å². The standard InChI is InChI=1S/C13H8N4O4/c18-4-14-12(15-5-19)10-2-8-1-9(10)11(3-8)13(16-6-20)17-7-21/h8-9H,1-3H2. The lowest BCUT2D eigenvalue weighted by atomic mass is 9.89. The second-order valence-electron chi connectivity index (χ2n) is 4.57. The summed E-state index contributed by atoms with van der Waals surface area (Å²) in [5.41, 5.74) is 1.32. The first-order valence-electron chi connectivity index (χ1n) is 6.02. The largest absolute Gasteiger partial charge is 0.242 e. The maximum Gasteiger partial charge on any atom is 0.242 e. The van der Waals surface area contributed by atoms with E-state index < -0.39 is 0 Å². The topological polar surface area (TPSA) is 118 Å². The van der Waals surface area contributed by atoms with Gasteiger partial charge in [0.1, 0.15) is 0 Å². The average Bonchev–Trinajstić information content (AvgIpc) is 3.07. The molecule has 8 heteroatoms. The van der Waals surface area contributed by atoms with Crippen LogP contribution in [0.15, 0.2) is 42.8 Å². The van der Waals surface area contributed by atoms with E-state index in [1.165, 1.54) is 24.3 Å². The number of hydrogen-bond acceptors (Lipinski definition) is 8. The maximum absolute atomic E-state index is 10.4. The first-order chi connectivity index (χ1) is 10.2. The third-order valence-corrected chi connectivity index (χ3v) is 3.61. The van der Waals surface area contributed by atoms with Crippen LogP contribution < -0.4 is 0 Å². The van der Waals surface area contributed by atoms with Crippen molar-refractivity contribution in [1.29, 1.82) is 0 Å². The van der Waals surface area contributed by atoms with Crippen LogP contribution in [-0.2, 0) is 19.2 Å². The molecule has 0 aromatic carbocycles. The van der Waals surface area contributed by atoms with Crippen molar-refractivity contribution in [1.82, 2.24) is 0 Å². The van der Waals surface area contributed by atoms with Crippen LogP contribution in [0, 0.1) is 11.8 Å². The molecule has 21 heavy (non-hydrogen) atoms. The molecule has 2 bridgehead atoms. The zero-order valence-corrected chi connectivity index (χ0v) is 10.7. The van der Waals surface area contributed by atoms with Gasteiger partial charge >= 0.3 is 0 Å². The van der Waals surface area contributed by atoms with Crippen molar-refractivity contribution in [3.8, 4) is 0 Å². The zero-order valence-electron chi connectivity index (χ0n) is 10.7. The normalized spacial score (nSPS) is 21.5. The average molecular weight is 284 g/mol. The Labute approximate surface area is 118 Å². The predicted molar refractivity (Wildman–Crippen MR) is 67.4 cm³/mol. The van der Waals surface area contributed by atoms with Crippen LogP contribution in [0.25, 0.3) is 0 Å². The van der Waals surface area contributed by atoms with E-state index in [9.17, 15) is 19.2 Å². The Morgan fingerprint density at radius 3 is 1.43 bits per heavy atom. The number of rotatable bonds is 4. The van der Waals surface area contributed by atoms with Crippen LogP contribution in [-0.4, -0.2) is 24.3 Å². The molecule has 2 rings (SSSR count). The van der Waals surface area contributed by atoms with Gasteiger partial charge in [-0.1, -0.05) is 0 Å². The molecule has 2 fully saturated rings. The van der Waals surface area contributed by atoms with Gasteiger partial charge in [-0.25, -0.2) is 19.2 Å². The van der Waals surface area contributed by atoms with Gasteiger partial charge in [0, 0.05) is 5.92 Å². The summed E-state index contributed by atoms with van der Waals surface area (Å²) in [7, 11) is 0. The van der Waals surface area contributed by atoms with Crippen LogP contribution in [0.4, 0.5) is 0 Å². The highest BCUT2D eigenvalue weighted by atomic mass is 16.1. The Balaban J connectivity index is 2.57. The molecule has 0 radical (unpaired) electrons. The lowest BCUT2D eigenvalue weighted by Crippen LogP contribution is -2.06. The fourth-order valence-electron chi connectivity index (χ4n) is 2.98. The van der Waals surface area contributed by atoms with Gasteiger partial charge in [-0.2, -0.15) is 0 Å². The molecule has 0 saturated heterocycles. The van der Waals surface area contributed by atoms with Gasteiger partial charge in [-0.3, -0.25) is 0 Å². The first-order valence-corrected chi connectivity index (χ1v) is 6.02. The monoisotopic (exact) mass is 284 g/mol. The van der Waals surface area contributed by atoms with E-state index in [0.717, 1.165) is 6.42 Å². The van der Waals surface area contributed by atoms with Gasteiger partial charge < -0.3 is 0 Å². The number of aliphatic imine (C=N–C) groups is 4. The fourth-order valence-corrected chi connectivity index (χ4v) is 2.98. The van der Waals surface area contributed by atoms with Crippen LogP contribution in [0.5, 0.6) is 0 Å². The molecule has 2 aliphatic rings. The van der Waals surface area contributed by atoms with Crippen LogP contribution >= 0.6 is 0 Å². The van der Waals surface area contributed by atoms with Crippen molar-refractivity contribution < 1.29 is 19.2 Å². The summed E-state index contributed by atoms with van der Waals surface area (Å²) in [4.78, 5) is 55.3. The quantitative estimate of drug-likeness (QED) is 0.568. The van der Waals surface area contributed by atoms with Crippen LogP contribution in [0.1, 0.15) is 19.3 Å². The van der Waals surface area contributed by atoms with Crippen molar-refractivity contribution in [2.45, 2.75) is 19.3 Å². The molecule has 0 aromatic heterocycles. The molecule has 0 aromatic rings. The predicted octanol–water partition coefficient (Wildman–Crippen LogP) is 1.18. The molecule has 0 aliphatic heterocycles. The van der Waals surface area contributed by atoms with E-state index in [4.69, 9.17) is 0 Å². The Morgan fingerprint density at radius 1 is 0.762 bits per heavy atom. The molecule has 0 amide bonds. The summed E-state index contributed by atoms with van der Waals surface area (Å²) in [6.07, 6.45) is 7.31. The second-order valence-corrected chi connectivity index (χ2v) is 4.57. The van der Waals surface area contributed by atoms with E-state index in [2.05, 4.69) is 20.0 Å². The number of hydrogen-bond donors (Lipinski definition) is 0. The van der Waals surface area contributed by atoms with E-state index in [1.807, 2.05) is 0 Å². The molecular weight excluding hydrogens is 276 g/mol. The highest BCUT2D eigenvalue weighted by Gasteiger charge is 2.42. The van der Waals surface area contributed by atoms with E-state index in [-0.39, 0.29) is 23.5 Å². The summed E-state index contributed by atoms with van der Waals surface area (Å²) in [6.45, 7) is 0. The Hall–Kier alpha value is -3.00. The van der Waals surface area contributed by atoms with E-state index in [1.54, 1.807) is 0 Å². The van der Waals surface area contributed by atoms with E-state index >= 15 is 0 Å². The second kappa shape index (κ2) is 6.44. The number of allylic oxidation sites excluding steroid dienone is 2. The molecule has 8 nitrogen and oxygen atoms in total. The molecule has 0 atom stereocenters. The highest BCUT2D eigenvalue weighted by molar-refractivity contribution is 5.49. The summed E-state index contributed by atoms with van der Waals surface area (Å²) in [5, 5.41) is 0. The lowest BCUT2D eigenvalue weighted by Gasteiger charge is -2.17. The first kappa shape index (κ1) is 14.4. The Kier molecular flexibility index (Phi) is 4.42. The third-order valence-electron chi connectivity index (χ3n) is 3.61. The van der Waals surface area contributed by atoms with Crippen molar-refractivity contribution >= 4 is 24.3 Å². The molecule has 0 N–H and O–H groups in total. The minimum absolute atomic E-state index is 0.0331. The minimum Gasteiger partial charge on any atom is -0.211 e. The summed E-state index contributed by atoms with van der Waals surface area (Å²) in [5.74, 6) is -0.0516. The van der Waals surface area contributed by atoms with Crippen molar-refractivity contribution in [3.05, 3.63) is 22.8 Å². The van der Waals surface area contributed by atoms with E-state index in [0.29, 0.717) is 24.0 Å². The molecule has 0 spiro atoms. The smallest absolute Gasteiger partial charge is 0.211 e. The third kappa shape index (κ3) is 2.79. The molecule has 2 aliphatic carbocycles. The molecule has 104 valence electrons. The highest BCUT2D eigenvalue weighted by Crippen LogP contribution is 2.53. The van der Waals surface area contributed by atoms with Gasteiger partial charge in [0.05, 0.1) is 0 Å². The SMILES string of the molecule is O=C=NC(N=C=O)=C1CC2CC(=C(N=C=O)N=C=O)C1C2. The van der Waals surface area contributed by atoms with Crippen molar-refractivity contribution in [2.75, 3.05) is 0 Å². The molecule has 0 heterocycles. The number of carbonyl (C=O) groups excluding carboxylic acids is 4. The van der Waals surface area contributed by atoms with Crippen molar-refractivity contribution in [2.24, 2.45) is 31.8 Å². The van der Waals surface area contributed by atoms with Gasteiger partial charge in [0.25, 0.3) is 0 Å². The maximum atomic E-state index is 10.4. The number of isocyanates is 4. The minimum atomic E-state index is -0.219. The summed E-state index contributed by atoms with van der Waals surface area (Å²) in [6, 6.07) is 0. The zero-order chi connectivity index (χ0) is 15.2. The fraction of sp³-hybridized carbons (Fsp3) is 0.385. The van der Waals surface area contributed by atoms with Crippen molar-refractivity contribution in [3.63, 3.8) is 0 Å². The Morgan fingerprint density at radius 2 is 1.14 bits per heavy atom. The van der Waals surface area contributed by atoms with Crippen LogP contribution in [0.3, 0.4) is 0 Å². The molecule has 0 unspecified atom stereocenters. The summed E-state index contributed by atoms with van der Waals surface area (Å²) >= 11 is 0. The molecule has 2 saturated carbocycles. The Bertz CT molecular complexity index is 625. The number of fused-ring (bicyclic) bond motifs is 2. The molecular formula is C13H8N4O4. The number of nitrogens with zero attached hydrogens (tertiary/aromatic N) is 4. The van der Waals surface area contributed by atoms with Gasteiger partial charge in [-0.15, -0.1) is 20.0 Å². The van der Waals surface area contributed by atoms with Gasteiger partial charge in [-0.05, 0) is 36.3 Å². The lowest BCUT2D eigenvalue weighted by molar-refractivity contribution is 0.561. The van der Waals surface area contributed by atoms with Gasteiger partial charge in [0.15, 0.2) is 11.6 Å². The summed E-state index contributed by atoms with van der Waals surface area (Å²) < 4.78 is 0.